The number of hydrogen-bond acceptors (Lipinski definition) is 2. The van der Waals surface area contributed by atoms with E-state index in [2.05, 4.69) is 10.6 Å². The van der Waals surface area contributed by atoms with Crippen molar-refractivity contribution in [2.24, 2.45) is 0 Å². The zero-order valence-electron chi connectivity index (χ0n) is 7.32. The zero-order chi connectivity index (χ0) is 9.03. The van der Waals surface area contributed by atoms with Gasteiger partial charge < -0.3 is 10.6 Å². The second-order valence-corrected chi connectivity index (χ2v) is 3.28. The van der Waals surface area contributed by atoms with E-state index in [1.807, 2.05) is 6.92 Å². The molecule has 0 unspecified atom stereocenters. The summed E-state index contributed by atoms with van der Waals surface area (Å²) in [6.45, 7) is 2.80. The van der Waals surface area contributed by atoms with E-state index < -0.39 is 5.67 Å². The normalized spacial score (nSPS) is 19.8. The van der Waals surface area contributed by atoms with Crippen molar-refractivity contribution in [2.75, 3.05) is 19.6 Å². The quantitative estimate of drug-likeness (QED) is 0.640. The largest absolute Gasteiger partial charge is 0.353 e. The lowest BCUT2D eigenvalue weighted by Gasteiger charge is -2.34. The second kappa shape index (κ2) is 3.85. The van der Waals surface area contributed by atoms with Crippen LogP contribution in [-0.4, -0.2) is 31.2 Å². The van der Waals surface area contributed by atoms with Crippen LogP contribution in [-0.2, 0) is 4.79 Å². The van der Waals surface area contributed by atoms with Crippen molar-refractivity contribution in [3.05, 3.63) is 0 Å². The number of hydrogen-bond donors (Lipinski definition) is 2. The van der Waals surface area contributed by atoms with Crippen molar-refractivity contribution in [1.29, 1.82) is 0 Å². The molecule has 1 amide bonds. The second-order valence-electron chi connectivity index (χ2n) is 3.28. The van der Waals surface area contributed by atoms with Crippen LogP contribution in [0.4, 0.5) is 4.39 Å². The standard InChI is InChI=1S/C8H15FN2O/c1-2-3-7(12)11-6-8(9)4-10-5-8/h10H,2-6H2,1H3,(H,11,12). The molecule has 1 heterocycles. The molecule has 0 saturated carbocycles. The van der Waals surface area contributed by atoms with Gasteiger partial charge in [-0.1, -0.05) is 6.92 Å². The molecule has 0 radical (unpaired) electrons. The summed E-state index contributed by atoms with van der Waals surface area (Å²) >= 11 is 0. The highest BCUT2D eigenvalue weighted by molar-refractivity contribution is 5.75. The Morgan fingerprint density at radius 2 is 2.33 bits per heavy atom. The van der Waals surface area contributed by atoms with Crippen LogP contribution in [0.5, 0.6) is 0 Å². The molecule has 3 nitrogen and oxygen atoms in total. The average molecular weight is 174 g/mol. The van der Waals surface area contributed by atoms with Crippen molar-refractivity contribution in [3.8, 4) is 0 Å². The van der Waals surface area contributed by atoms with Crippen LogP contribution in [0, 0.1) is 0 Å². The van der Waals surface area contributed by atoms with Gasteiger partial charge in [0.1, 0.15) is 0 Å². The SMILES string of the molecule is CCCC(=O)NCC1(F)CNC1. The lowest BCUT2D eigenvalue weighted by atomic mass is 10.00. The minimum Gasteiger partial charge on any atom is -0.353 e. The van der Waals surface area contributed by atoms with Gasteiger partial charge in [0.25, 0.3) is 0 Å². The molecule has 4 heteroatoms. The third kappa shape index (κ3) is 2.44. The van der Waals surface area contributed by atoms with Gasteiger partial charge in [0.05, 0.1) is 6.54 Å². The van der Waals surface area contributed by atoms with Gasteiger partial charge in [0, 0.05) is 19.5 Å². The molecule has 0 aromatic rings. The van der Waals surface area contributed by atoms with Crippen LogP contribution >= 0.6 is 0 Å². The fraction of sp³-hybridized carbons (Fsp3) is 0.875. The Bertz CT molecular complexity index is 168. The number of carbonyl (C=O) groups is 1. The number of amides is 1. The smallest absolute Gasteiger partial charge is 0.220 e. The number of halogens is 1. The van der Waals surface area contributed by atoms with Crippen LogP contribution in [0.2, 0.25) is 0 Å². The molecule has 2 N–H and O–H groups in total. The lowest BCUT2D eigenvalue weighted by molar-refractivity contribution is -0.122. The Kier molecular flexibility index (Phi) is 3.03. The summed E-state index contributed by atoms with van der Waals surface area (Å²) in [5.74, 6) is -0.0542. The molecule has 12 heavy (non-hydrogen) atoms. The van der Waals surface area contributed by atoms with Crippen molar-refractivity contribution in [2.45, 2.75) is 25.4 Å². The molecule has 1 saturated heterocycles. The molecule has 0 bridgehead atoms. The van der Waals surface area contributed by atoms with Crippen LogP contribution in [0.25, 0.3) is 0 Å². The first-order valence-electron chi connectivity index (χ1n) is 4.33. The highest BCUT2D eigenvalue weighted by atomic mass is 19.1. The van der Waals surface area contributed by atoms with E-state index >= 15 is 0 Å². The molecule has 1 rings (SSSR count). The Balaban J connectivity index is 2.12. The van der Waals surface area contributed by atoms with Gasteiger partial charge in [-0.05, 0) is 6.42 Å². The monoisotopic (exact) mass is 174 g/mol. The van der Waals surface area contributed by atoms with E-state index in [0.29, 0.717) is 19.5 Å². The van der Waals surface area contributed by atoms with Gasteiger partial charge in [-0.15, -0.1) is 0 Å². The molecule has 70 valence electrons. The van der Waals surface area contributed by atoms with Gasteiger partial charge in [-0.2, -0.15) is 0 Å². The third-order valence-electron chi connectivity index (χ3n) is 1.96. The number of alkyl halides is 1. The predicted molar refractivity (Wildman–Crippen MR) is 44.6 cm³/mol. The van der Waals surface area contributed by atoms with Crippen molar-refractivity contribution in [3.63, 3.8) is 0 Å². The molecule has 0 aromatic heterocycles. The maximum Gasteiger partial charge on any atom is 0.220 e. The molecule has 1 fully saturated rings. The van der Waals surface area contributed by atoms with Gasteiger partial charge in [0.2, 0.25) is 5.91 Å². The third-order valence-corrected chi connectivity index (χ3v) is 1.96. The molecule has 0 atom stereocenters. The van der Waals surface area contributed by atoms with Crippen molar-refractivity contribution < 1.29 is 9.18 Å². The summed E-state index contributed by atoms with van der Waals surface area (Å²) in [5, 5.41) is 5.40. The first-order valence-corrected chi connectivity index (χ1v) is 4.33. The van der Waals surface area contributed by atoms with Crippen molar-refractivity contribution >= 4 is 5.91 Å². The molecule has 1 aliphatic heterocycles. The van der Waals surface area contributed by atoms with E-state index in [-0.39, 0.29) is 12.5 Å². The summed E-state index contributed by atoms with van der Waals surface area (Å²) in [5.41, 5.74) is -1.19. The summed E-state index contributed by atoms with van der Waals surface area (Å²) in [4.78, 5) is 10.9. The van der Waals surface area contributed by atoms with Gasteiger partial charge in [-0.25, -0.2) is 4.39 Å². The summed E-state index contributed by atoms with van der Waals surface area (Å²) in [6, 6.07) is 0. The van der Waals surface area contributed by atoms with Crippen LogP contribution in [0.15, 0.2) is 0 Å². The Hall–Kier alpha value is -0.640. The van der Waals surface area contributed by atoms with Gasteiger partial charge in [-0.3, -0.25) is 4.79 Å². The number of carbonyl (C=O) groups excluding carboxylic acids is 1. The van der Waals surface area contributed by atoms with E-state index in [4.69, 9.17) is 0 Å². The molecule has 0 aromatic carbocycles. The highest BCUT2D eigenvalue weighted by Crippen LogP contribution is 2.14. The minimum atomic E-state index is -1.19. The van der Waals surface area contributed by atoms with E-state index in [1.54, 1.807) is 0 Å². The zero-order valence-corrected chi connectivity index (χ0v) is 7.32. The molecule has 0 spiro atoms. The number of nitrogens with one attached hydrogen (secondary N) is 2. The van der Waals surface area contributed by atoms with Crippen LogP contribution in [0.1, 0.15) is 19.8 Å². The lowest BCUT2D eigenvalue weighted by Crippen LogP contribution is -2.61. The van der Waals surface area contributed by atoms with Gasteiger partial charge >= 0.3 is 0 Å². The number of rotatable bonds is 4. The van der Waals surface area contributed by atoms with Crippen LogP contribution in [0.3, 0.4) is 0 Å². The maximum atomic E-state index is 13.2. The molecule has 0 aliphatic carbocycles. The van der Waals surface area contributed by atoms with Gasteiger partial charge in [0.15, 0.2) is 5.67 Å². The summed E-state index contributed by atoms with van der Waals surface area (Å²) < 4.78 is 13.2. The van der Waals surface area contributed by atoms with E-state index in [9.17, 15) is 9.18 Å². The highest BCUT2D eigenvalue weighted by Gasteiger charge is 2.36. The first-order chi connectivity index (χ1) is 5.66. The Morgan fingerprint density at radius 3 is 2.75 bits per heavy atom. The topological polar surface area (TPSA) is 41.1 Å². The molecular weight excluding hydrogens is 159 g/mol. The fourth-order valence-electron chi connectivity index (χ4n) is 1.09. The summed E-state index contributed by atoms with van der Waals surface area (Å²) in [6.07, 6.45) is 1.30. The molecule has 1 aliphatic rings. The maximum absolute atomic E-state index is 13.2. The van der Waals surface area contributed by atoms with Crippen molar-refractivity contribution in [1.82, 2.24) is 10.6 Å². The Morgan fingerprint density at radius 1 is 1.67 bits per heavy atom. The minimum absolute atomic E-state index is 0.0542. The van der Waals surface area contributed by atoms with E-state index in [1.165, 1.54) is 0 Å². The predicted octanol–water partition coefficient (Wildman–Crippen LogP) is 0.214. The summed E-state index contributed by atoms with van der Waals surface area (Å²) in [7, 11) is 0. The van der Waals surface area contributed by atoms with Crippen LogP contribution < -0.4 is 10.6 Å². The Labute approximate surface area is 71.7 Å². The molecular formula is C8H15FN2O. The fourth-order valence-corrected chi connectivity index (χ4v) is 1.09. The average Bonchev–Trinajstić information content (AvgIpc) is 1.98. The van der Waals surface area contributed by atoms with E-state index in [0.717, 1.165) is 6.42 Å². The first kappa shape index (κ1) is 9.45.